The fraction of sp³-hybridized carbons (Fsp3) is 0.407. The molecule has 1 aromatic heterocycles. The summed E-state index contributed by atoms with van der Waals surface area (Å²) in [6, 6.07) is 8.57. The van der Waals surface area contributed by atoms with Crippen LogP contribution in [0.4, 0.5) is 24.1 Å². The van der Waals surface area contributed by atoms with E-state index >= 15 is 4.39 Å². The number of anilines is 1. The third-order valence-electron chi connectivity index (χ3n) is 7.20. The number of aromatic nitrogens is 4. The summed E-state index contributed by atoms with van der Waals surface area (Å²) in [5.41, 5.74) is -0.889. The first-order chi connectivity index (χ1) is 20.5. The number of hydrazone groups is 1. The van der Waals surface area contributed by atoms with Crippen LogP contribution in [0.5, 0.6) is 0 Å². The van der Waals surface area contributed by atoms with Crippen molar-refractivity contribution >= 4 is 24.2 Å². The zero-order chi connectivity index (χ0) is 30.7. The second-order valence-electron chi connectivity index (χ2n) is 10.4. The zero-order valence-corrected chi connectivity index (χ0v) is 23.7. The third-order valence-corrected chi connectivity index (χ3v) is 7.20. The Balaban J connectivity index is 1.32. The molecule has 228 valence electrons. The maximum Gasteiger partial charge on any atom is 0.510 e. The number of carbonyl (C=O) groups is 2. The molecule has 0 aliphatic carbocycles. The molecule has 0 bridgehead atoms. The van der Waals surface area contributed by atoms with E-state index in [0.717, 1.165) is 6.07 Å². The Morgan fingerprint density at radius 3 is 2.51 bits per heavy atom. The number of hydrogen-bond donors (Lipinski definition) is 1. The summed E-state index contributed by atoms with van der Waals surface area (Å²) in [4.78, 5) is 29.9. The van der Waals surface area contributed by atoms with E-state index in [2.05, 4.69) is 20.6 Å². The summed E-state index contributed by atoms with van der Waals surface area (Å²) in [6.07, 6.45) is 1.66. The van der Waals surface area contributed by atoms with Crippen LogP contribution in [-0.2, 0) is 15.1 Å². The fourth-order valence-corrected chi connectivity index (χ4v) is 4.99. The van der Waals surface area contributed by atoms with Gasteiger partial charge in [0, 0.05) is 30.4 Å². The first-order valence-electron chi connectivity index (χ1n) is 13.5. The van der Waals surface area contributed by atoms with Gasteiger partial charge < -0.3 is 24.4 Å². The van der Waals surface area contributed by atoms with Crippen LogP contribution in [0.25, 0.3) is 5.69 Å². The van der Waals surface area contributed by atoms with Crippen LogP contribution in [0.3, 0.4) is 0 Å². The van der Waals surface area contributed by atoms with E-state index in [1.807, 2.05) is 0 Å². The normalized spacial score (nSPS) is 17.1. The lowest BCUT2D eigenvalue weighted by atomic mass is 9.85. The molecular weight excluding hydrogens is 568 g/mol. The Hall–Kier alpha value is -4.86. The van der Waals surface area contributed by atoms with Crippen LogP contribution >= 0.6 is 0 Å². The fourth-order valence-electron chi connectivity index (χ4n) is 4.99. The molecule has 2 amide bonds. The SMILES string of the molecule is CC(C)OC(=O)OCN1C=NN(C[C@](O)(c2ccc(F)cc2F)[C@@H](C)N2CCN(c3ccc(-n4cnnn4)cc3)C2=O)C1. The highest BCUT2D eigenvalue weighted by Crippen LogP contribution is 2.35. The Labute approximate surface area is 245 Å². The number of aliphatic hydroxyl groups is 1. The minimum atomic E-state index is -2.02. The molecule has 0 unspecified atom stereocenters. The molecule has 2 atom stereocenters. The molecule has 0 saturated carbocycles. The van der Waals surface area contributed by atoms with Gasteiger partial charge in [0.25, 0.3) is 0 Å². The molecule has 3 heterocycles. The van der Waals surface area contributed by atoms with Crippen LogP contribution in [-0.4, -0.2) is 104 Å². The number of β-amino-alcohol motifs (C(OH)–C–C–N with tert-alkyl or cyclic N) is 1. The van der Waals surface area contributed by atoms with Gasteiger partial charge in [0.05, 0.1) is 24.4 Å². The number of nitrogens with zero attached hydrogens (tertiary/aromatic N) is 9. The Bertz CT molecular complexity index is 1470. The van der Waals surface area contributed by atoms with E-state index in [4.69, 9.17) is 9.47 Å². The van der Waals surface area contributed by atoms with Crippen molar-refractivity contribution < 1.29 is 33.0 Å². The van der Waals surface area contributed by atoms with Crippen LogP contribution in [0.15, 0.2) is 53.9 Å². The summed E-state index contributed by atoms with van der Waals surface area (Å²) in [6.45, 7) is 5.19. The molecule has 16 heteroatoms. The molecule has 1 saturated heterocycles. The monoisotopic (exact) mass is 599 g/mol. The molecule has 43 heavy (non-hydrogen) atoms. The molecule has 14 nitrogen and oxygen atoms in total. The lowest BCUT2D eigenvalue weighted by molar-refractivity contribution is -0.0605. The molecule has 0 radical (unpaired) electrons. The van der Waals surface area contributed by atoms with Crippen molar-refractivity contribution in [2.24, 2.45) is 5.10 Å². The average Bonchev–Trinajstić information content (AvgIpc) is 3.73. The highest BCUT2D eigenvalue weighted by atomic mass is 19.1. The van der Waals surface area contributed by atoms with Crippen molar-refractivity contribution in [3.63, 3.8) is 0 Å². The van der Waals surface area contributed by atoms with Crippen LogP contribution in [0.2, 0.25) is 0 Å². The maximum atomic E-state index is 15.2. The lowest BCUT2D eigenvalue weighted by Gasteiger charge is -2.41. The number of carbonyl (C=O) groups excluding carboxylic acids is 2. The quantitative estimate of drug-likeness (QED) is 0.346. The number of ether oxygens (including phenoxy) is 2. The predicted molar refractivity (Wildman–Crippen MR) is 148 cm³/mol. The van der Waals surface area contributed by atoms with E-state index in [1.54, 1.807) is 49.9 Å². The second-order valence-corrected chi connectivity index (χ2v) is 10.4. The average molecular weight is 600 g/mol. The first kappa shape index (κ1) is 29.6. The van der Waals surface area contributed by atoms with Gasteiger partial charge in [-0.2, -0.15) is 5.10 Å². The van der Waals surface area contributed by atoms with Gasteiger partial charge in [0.2, 0.25) is 0 Å². The number of halogens is 2. The third kappa shape index (κ3) is 6.33. The summed E-state index contributed by atoms with van der Waals surface area (Å²) in [5.74, 6) is -1.77. The van der Waals surface area contributed by atoms with Gasteiger partial charge in [-0.05, 0) is 61.5 Å². The summed E-state index contributed by atoms with van der Waals surface area (Å²) >= 11 is 0. The van der Waals surface area contributed by atoms with Crippen LogP contribution in [0, 0.1) is 11.6 Å². The molecule has 2 aliphatic rings. The minimum absolute atomic E-state index is 0.0838. The highest BCUT2D eigenvalue weighted by Gasteiger charge is 2.47. The van der Waals surface area contributed by atoms with E-state index < -0.39 is 35.5 Å². The maximum absolute atomic E-state index is 15.2. The van der Waals surface area contributed by atoms with Crippen molar-refractivity contribution in [2.45, 2.75) is 38.5 Å². The van der Waals surface area contributed by atoms with Gasteiger partial charge in [-0.3, -0.25) is 9.91 Å². The van der Waals surface area contributed by atoms with E-state index in [-0.39, 0.29) is 38.2 Å². The summed E-state index contributed by atoms with van der Waals surface area (Å²) in [5, 5.41) is 28.9. The molecule has 1 fully saturated rings. The lowest BCUT2D eigenvalue weighted by Crippen LogP contribution is -2.55. The largest absolute Gasteiger partial charge is 0.510 e. The van der Waals surface area contributed by atoms with E-state index in [9.17, 15) is 19.1 Å². The van der Waals surface area contributed by atoms with Crippen LogP contribution < -0.4 is 4.90 Å². The molecule has 3 aromatic rings. The van der Waals surface area contributed by atoms with E-state index in [1.165, 1.54) is 38.2 Å². The van der Waals surface area contributed by atoms with Gasteiger partial charge in [0.1, 0.15) is 36.6 Å². The van der Waals surface area contributed by atoms with Gasteiger partial charge in [-0.15, -0.1) is 5.10 Å². The standard InChI is InChI=1S/C27H31F2N9O5/c1-18(2)43-26(40)42-17-34-15-31-35(16-34)13-27(41,23-9-4-20(28)12-24(23)29)19(3)36-10-11-37(25(36)39)21-5-7-22(8-6-21)38-14-30-32-33-38/h4-9,12,14-15,18-19,41H,10-11,13,16-17H2,1-3H3/t19-,27-/m1/s1. The molecule has 2 aliphatic heterocycles. The van der Waals surface area contributed by atoms with Crippen molar-refractivity contribution in [2.75, 3.05) is 37.9 Å². The minimum Gasteiger partial charge on any atom is -0.432 e. The smallest absolute Gasteiger partial charge is 0.432 e. The zero-order valence-electron chi connectivity index (χ0n) is 23.7. The Morgan fingerprint density at radius 1 is 1.09 bits per heavy atom. The van der Waals surface area contributed by atoms with Crippen molar-refractivity contribution in [3.8, 4) is 5.69 Å². The molecule has 0 spiro atoms. The second kappa shape index (κ2) is 12.2. The molecular formula is C27H31F2N9O5. The number of hydrogen-bond acceptors (Lipinski definition) is 11. The van der Waals surface area contributed by atoms with Crippen molar-refractivity contribution in [1.82, 2.24) is 35.0 Å². The number of benzene rings is 2. The molecule has 2 aromatic carbocycles. The van der Waals surface area contributed by atoms with Crippen molar-refractivity contribution in [1.29, 1.82) is 0 Å². The van der Waals surface area contributed by atoms with Gasteiger partial charge >= 0.3 is 12.2 Å². The molecule has 5 rings (SSSR count). The number of amides is 2. The van der Waals surface area contributed by atoms with E-state index in [0.29, 0.717) is 24.0 Å². The van der Waals surface area contributed by atoms with Crippen LogP contribution in [0.1, 0.15) is 26.3 Å². The predicted octanol–water partition coefficient (Wildman–Crippen LogP) is 2.50. The van der Waals surface area contributed by atoms with Gasteiger partial charge in [-0.1, -0.05) is 6.07 Å². The Morgan fingerprint density at radius 2 is 1.84 bits per heavy atom. The number of tetrazole rings is 1. The summed E-state index contributed by atoms with van der Waals surface area (Å²) in [7, 11) is 0. The topological polar surface area (TPSA) is 142 Å². The highest BCUT2D eigenvalue weighted by molar-refractivity contribution is 5.94. The van der Waals surface area contributed by atoms with Gasteiger partial charge in [-0.25, -0.2) is 23.1 Å². The number of urea groups is 1. The summed E-state index contributed by atoms with van der Waals surface area (Å²) < 4.78 is 40.5. The Kier molecular flexibility index (Phi) is 8.38. The van der Waals surface area contributed by atoms with Gasteiger partial charge in [0.15, 0.2) is 6.73 Å². The molecule has 1 N–H and O–H groups in total. The number of rotatable bonds is 10. The first-order valence-corrected chi connectivity index (χ1v) is 13.5. The van der Waals surface area contributed by atoms with Crippen molar-refractivity contribution in [3.05, 3.63) is 66.0 Å².